The molecule has 0 aliphatic carbocycles. The smallest absolute Gasteiger partial charge is 0.192 e. The van der Waals surface area contributed by atoms with Crippen LogP contribution in [0.3, 0.4) is 0 Å². The van der Waals surface area contributed by atoms with Gasteiger partial charge in [0.25, 0.3) is 0 Å². The highest BCUT2D eigenvalue weighted by molar-refractivity contribution is 5.27. The van der Waals surface area contributed by atoms with E-state index < -0.39 is 0 Å². The van der Waals surface area contributed by atoms with Crippen LogP contribution in [0.4, 0.5) is 0 Å². The summed E-state index contributed by atoms with van der Waals surface area (Å²) in [6, 6.07) is 0. The van der Waals surface area contributed by atoms with Crippen LogP contribution in [0.2, 0.25) is 0 Å². The summed E-state index contributed by atoms with van der Waals surface area (Å²) in [6.07, 6.45) is 4.39. The first-order chi connectivity index (χ1) is 8.47. The second-order valence-electron chi connectivity index (χ2n) is 5.10. The summed E-state index contributed by atoms with van der Waals surface area (Å²) in [4.78, 5) is 4.63. The topological polar surface area (TPSA) is 15.7 Å². The molecule has 104 valence electrons. The highest BCUT2D eigenvalue weighted by Gasteiger charge is 2.26. The molecule has 3 heteroatoms. The van der Waals surface area contributed by atoms with Crippen molar-refractivity contribution < 1.29 is 4.74 Å². The van der Waals surface area contributed by atoms with E-state index in [4.69, 9.17) is 4.74 Å². The first-order valence-electron chi connectivity index (χ1n) is 7.10. The van der Waals surface area contributed by atoms with Crippen molar-refractivity contribution >= 4 is 0 Å². The summed E-state index contributed by atoms with van der Waals surface area (Å²) in [5.74, 6) is 0.995. The average Bonchev–Trinajstić information content (AvgIpc) is 2.30. The molecule has 0 aromatic heterocycles. The maximum absolute atomic E-state index is 6.07. The van der Waals surface area contributed by atoms with E-state index in [2.05, 4.69) is 63.5 Å². The normalized spacial score (nSPS) is 17.7. The third-order valence-corrected chi connectivity index (χ3v) is 3.34. The van der Waals surface area contributed by atoms with Crippen molar-refractivity contribution in [1.29, 1.82) is 0 Å². The molecule has 0 fully saturated rings. The van der Waals surface area contributed by atoms with Gasteiger partial charge in [0.2, 0.25) is 0 Å². The van der Waals surface area contributed by atoms with E-state index in [0.29, 0.717) is 0 Å². The van der Waals surface area contributed by atoms with Crippen molar-refractivity contribution in [3.63, 3.8) is 0 Å². The lowest BCUT2D eigenvalue weighted by atomic mass is 10.0. The van der Waals surface area contributed by atoms with Crippen LogP contribution in [-0.2, 0) is 4.74 Å². The van der Waals surface area contributed by atoms with Gasteiger partial charge >= 0.3 is 0 Å². The molecular weight excluding hydrogens is 224 g/mol. The van der Waals surface area contributed by atoms with Gasteiger partial charge in [0.15, 0.2) is 5.88 Å². The maximum atomic E-state index is 6.07. The van der Waals surface area contributed by atoms with Crippen molar-refractivity contribution in [3.8, 4) is 0 Å². The molecule has 1 heterocycles. The summed E-state index contributed by atoms with van der Waals surface area (Å²) in [5.41, 5.74) is 1.04. The minimum Gasteiger partial charge on any atom is -0.469 e. The van der Waals surface area contributed by atoms with E-state index >= 15 is 0 Å². The minimum atomic E-state index is -0.232. The predicted molar refractivity (Wildman–Crippen MR) is 77.2 cm³/mol. The van der Waals surface area contributed by atoms with E-state index in [1.807, 2.05) is 0 Å². The summed E-state index contributed by atoms with van der Waals surface area (Å²) in [6.45, 7) is 17.0. The molecule has 1 rings (SSSR count). The molecule has 1 aliphatic rings. The first-order valence-corrected chi connectivity index (χ1v) is 7.10. The minimum absolute atomic E-state index is 0.232. The number of hydrogen-bond acceptors (Lipinski definition) is 3. The fourth-order valence-electron chi connectivity index (χ4n) is 2.32. The Bertz CT molecular complexity index is 323. The third-order valence-electron chi connectivity index (χ3n) is 3.34. The van der Waals surface area contributed by atoms with E-state index in [1.165, 1.54) is 5.70 Å². The lowest BCUT2D eigenvalue weighted by Crippen LogP contribution is -2.36. The summed E-state index contributed by atoms with van der Waals surface area (Å²) < 4.78 is 6.07. The van der Waals surface area contributed by atoms with E-state index in [0.717, 1.165) is 32.1 Å². The fraction of sp³-hybridized carbons (Fsp3) is 0.733. The molecule has 0 unspecified atom stereocenters. The largest absolute Gasteiger partial charge is 0.469 e. The van der Waals surface area contributed by atoms with Crippen LogP contribution in [0.5, 0.6) is 0 Å². The number of ether oxygens (including phenoxy) is 1. The van der Waals surface area contributed by atoms with Crippen LogP contribution >= 0.6 is 0 Å². The molecule has 0 aromatic carbocycles. The Morgan fingerprint density at radius 1 is 0.944 bits per heavy atom. The quantitative estimate of drug-likeness (QED) is 0.722. The molecule has 1 aliphatic heterocycles. The Balaban J connectivity index is 3.04. The van der Waals surface area contributed by atoms with Crippen molar-refractivity contribution in [2.75, 3.05) is 26.2 Å². The van der Waals surface area contributed by atoms with E-state index in [9.17, 15) is 0 Å². The standard InChI is InChI=1S/C15H28N2O/c1-7-16(8-2)13-11-14(17(9-3)10-4)18-15(5,6)12-13/h11-12H,7-10H2,1-6H3. The number of nitrogens with zero attached hydrogens (tertiary/aromatic N) is 2. The third kappa shape index (κ3) is 3.44. The molecule has 0 radical (unpaired) electrons. The van der Waals surface area contributed by atoms with Crippen molar-refractivity contribution in [2.24, 2.45) is 0 Å². The molecule has 3 nitrogen and oxygen atoms in total. The van der Waals surface area contributed by atoms with Crippen LogP contribution < -0.4 is 0 Å². The first kappa shape index (κ1) is 14.9. The summed E-state index contributed by atoms with van der Waals surface area (Å²) >= 11 is 0. The fourth-order valence-corrected chi connectivity index (χ4v) is 2.32. The van der Waals surface area contributed by atoms with Gasteiger partial charge < -0.3 is 14.5 Å². The van der Waals surface area contributed by atoms with Crippen LogP contribution in [0.15, 0.2) is 23.7 Å². The lowest BCUT2D eigenvalue weighted by molar-refractivity contribution is 0.0173. The number of allylic oxidation sites excluding steroid dienone is 1. The lowest BCUT2D eigenvalue weighted by Gasteiger charge is -2.37. The zero-order valence-corrected chi connectivity index (χ0v) is 12.8. The van der Waals surface area contributed by atoms with Crippen molar-refractivity contribution in [2.45, 2.75) is 47.1 Å². The van der Waals surface area contributed by atoms with Crippen molar-refractivity contribution in [1.82, 2.24) is 9.80 Å². The zero-order chi connectivity index (χ0) is 13.8. The number of hydrogen-bond donors (Lipinski definition) is 0. The Kier molecular flexibility index (Phi) is 5.12. The van der Waals surface area contributed by atoms with Crippen LogP contribution in [0, 0.1) is 0 Å². The second kappa shape index (κ2) is 6.17. The predicted octanol–water partition coefficient (Wildman–Crippen LogP) is 3.20. The monoisotopic (exact) mass is 252 g/mol. The zero-order valence-electron chi connectivity index (χ0n) is 12.8. The highest BCUT2D eigenvalue weighted by atomic mass is 16.5. The van der Waals surface area contributed by atoms with Gasteiger partial charge in [0, 0.05) is 38.0 Å². The molecule has 0 atom stereocenters. The average molecular weight is 252 g/mol. The molecule has 18 heavy (non-hydrogen) atoms. The van der Waals surface area contributed by atoms with Gasteiger partial charge in [-0.05, 0) is 47.6 Å². The Morgan fingerprint density at radius 2 is 1.44 bits per heavy atom. The molecule has 0 bridgehead atoms. The Morgan fingerprint density at radius 3 is 1.89 bits per heavy atom. The number of rotatable bonds is 6. The molecule has 0 aromatic rings. The van der Waals surface area contributed by atoms with Gasteiger partial charge in [-0.25, -0.2) is 0 Å². The van der Waals surface area contributed by atoms with Crippen LogP contribution in [0.25, 0.3) is 0 Å². The van der Waals surface area contributed by atoms with Crippen LogP contribution in [-0.4, -0.2) is 41.6 Å². The Hall–Kier alpha value is -1.12. The van der Waals surface area contributed by atoms with E-state index in [1.54, 1.807) is 0 Å². The molecular formula is C15H28N2O. The molecule has 0 amide bonds. The summed E-state index contributed by atoms with van der Waals surface area (Å²) in [5, 5.41) is 0. The van der Waals surface area contributed by atoms with Gasteiger partial charge in [-0.1, -0.05) is 0 Å². The van der Waals surface area contributed by atoms with Gasteiger partial charge in [0.05, 0.1) is 0 Å². The molecule has 0 spiro atoms. The molecule has 0 N–H and O–H groups in total. The van der Waals surface area contributed by atoms with E-state index in [-0.39, 0.29) is 5.60 Å². The summed E-state index contributed by atoms with van der Waals surface area (Å²) in [7, 11) is 0. The molecule has 0 saturated carbocycles. The van der Waals surface area contributed by atoms with Gasteiger partial charge in [0.1, 0.15) is 5.60 Å². The van der Waals surface area contributed by atoms with Crippen molar-refractivity contribution in [3.05, 3.63) is 23.7 Å². The Labute approximate surface area is 112 Å². The SMILES string of the molecule is CCN(CC)C1=CC(C)(C)OC(N(CC)CC)=C1. The maximum Gasteiger partial charge on any atom is 0.192 e. The highest BCUT2D eigenvalue weighted by Crippen LogP contribution is 2.28. The van der Waals surface area contributed by atoms with Gasteiger partial charge in [-0.3, -0.25) is 0 Å². The van der Waals surface area contributed by atoms with Crippen LogP contribution in [0.1, 0.15) is 41.5 Å². The van der Waals surface area contributed by atoms with Gasteiger partial charge in [-0.2, -0.15) is 0 Å². The van der Waals surface area contributed by atoms with Gasteiger partial charge in [-0.15, -0.1) is 0 Å². The number of likely N-dealkylation sites (N-methyl/N-ethyl adjacent to an activating group) is 1. The molecule has 0 saturated heterocycles. The second-order valence-corrected chi connectivity index (χ2v) is 5.10.